The van der Waals surface area contributed by atoms with Gasteiger partial charge in [0.2, 0.25) is 0 Å². The lowest BCUT2D eigenvalue weighted by atomic mass is 9.94. The Hall–Kier alpha value is -2.66. The minimum absolute atomic E-state index is 0.109. The van der Waals surface area contributed by atoms with E-state index in [0.29, 0.717) is 0 Å². The normalized spacial score (nSPS) is 12.0. The Morgan fingerprint density at radius 3 is 2.57 bits per heavy atom. The molecule has 0 saturated carbocycles. The van der Waals surface area contributed by atoms with E-state index in [1.165, 1.54) is 5.56 Å². The van der Waals surface area contributed by atoms with Gasteiger partial charge in [0.1, 0.15) is 0 Å². The summed E-state index contributed by atoms with van der Waals surface area (Å²) in [5, 5.41) is 10.5. The summed E-state index contributed by atoms with van der Waals surface area (Å²) in [4.78, 5) is 4.45. The quantitative estimate of drug-likeness (QED) is 0.702. The van der Waals surface area contributed by atoms with E-state index in [1.807, 2.05) is 48.7 Å². The maximum absolute atomic E-state index is 9.45. The van der Waals surface area contributed by atoms with Crippen LogP contribution in [0.4, 0.5) is 0 Å². The molecule has 3 aromatic rings. The lowest BCUT2D eigenvalue weighted by Crippen LogP contribution is -1.99. The molecule has 0 N–H and O–H groups in total. The Morgan fingerprint density at radius 2 is 1.76 bits per heavy atom. The Kier molecular flexibility index (Phi) is 3.93. The first kappa shape index (κ1) is 13.3. The zero-order chi connectivity index (χ0) is 14.5. The van der Waals surface area contributed by atoms with Crippen LogP contribution >= 0.6 is 0 Å². The van der Waals surface area contributed by atoms with Gasteiger partial charge in [0.05, 0.1) is 17.5 Å². The summed E-state index contributed by atoms with van der Waals surface area (Å²) in [6.45, 7) is 0. The van der Waals surface area contributed by atoms with Gasteiger partial charge in [-0.05, 0) is 36.1 Å². The molecule has 2 heteroatoms. The van der Waals surface area contributed by atoms with E-state index in [4.69, 9.17) is 0 Å². The maximum atomic E-state index is 9.45. The van der Waals surface area contributed by atoms with Gasteiger partial charge < -0.3 is 0 Å². The Morgan fingerprint density at radius 1 is 1.00 bits per heavy atom. The van der Waals surface area contributed by atoms with Crippen molar-refractivity contribution in [2.45, 2.75) is 18.8 Å². The summed E-state index contributed by atoms with van der Waals surface area (Å²) in [6.07, 6.45) is 3.56. The topological polar surface area (TPSA) is 36.7 Å². The van der Waals surface area contributed by atoms with Crippen molar-refractivity contribution in [3.8, 4) is 6.07 Å². The van der Waals surface area contributed by atoms with Gasteiger partial charge in [-0.3, -0.25) is 4.98 Å². The number of nitrogens with zero attached hydrogens (tertiary/aromatic N) is 2. The number of hydrogen-bond acceptors (Lipinski definition) is 2. The van der Waals surface area contributed by atoms with Crippen LogP contribution in [0.2, 0.25) is 0 Å². The molecule has 0 fully saturated rings. The van der Waals surface area contributed by atoms with Crippen molar-refractivity contribution in [1.29, 1.82) is 5.26 Å². The number of aryl methyl sites for hydroxylation is 1. The first-order valence-electron chi connectivity index (χ1n) is 7.15. The number of para-hydroxylation sites is 1. The number of benzene rings is 2. The molecule has 1 aromatic heterocycles. The smallest absolute Gasteiger partial charge is 0.0731 e. The molecule has 102 valence electrons. The predicted octanol–water partition coefficient (Wildman–Crippen LogP) is 4.47. The minimum atomic E-state index is -0.109. The molecule has 3 rings (SSSR count). The number of rotatable bonds is 4. The van der Waals surface area contributed by atoms with Gasteiger partial charge in [0.25, 0.3) is 0 Å². The fraction of sp³-hybridized carbons (Fsp3) is 0.158. The van der Waals surface area contributed by atoms with Gasteiger partial charge in [-0.25, -0.2) is 0 Å². The maximum Gasteiger partial charge on any atom is 0.0731 e. The van der Waals surface area contributed by atoms with E-state index in [2.05, 4.69) is 29.3 Å². The van der Waals surface area contributed by atoms with Crippen LogP contribution in [0.1, 0.15) is 23.5 Å². The van der Waals surface area contributed by atoms with Crippen LogP contribution in [-0.2, 0) is 6.42 Å². The second-order valence-electron chi connectivity index (χ2n) is 5.17. The molecule has 2 aromatic carbocycles. The molecule has 0 aliphatic heterocycles. The lowest BCUT2D eigenvalue weighted by Gasteiger charge is -2.10. The second kappa shape index (κ2) is 6.19. The molecule has 1 unspecified atom stereocenters. The highest BCUT2D eigenvalue weighted by Gasteiger charge is 2.12. The number of fused-ring (bicyclic) bond motifs is 1. The molecule has 0 saturated heterocycles. The summed E-state index contributed by atoms with van der Waals surface area (Å²) in [7, 11) is 0. The molecule has 0 bridgehead atoms. The van der Waals surface area contributed by atoms with Crippen LogP contribution in [0.5, 0.6) is 0 Å². The van der Waals surface area contributed by atoms with Crippen LogP contribution in [-0.4, -0.2) is 4.98 Å². The molecule has 21 heavy (non-hydrogen) atoms. The molecule has 1 heterocycles. The molecule has 2 nitrogen and oxygen atoms in total. The molecule has 0 spiro atoms. The molecular weight excluding hydrogens is 256 g/mol. The number of aromatic nitrogens is 1. The van der Waals surface area contributed by atoms with Crippen LogP contribution in [0.25, 0.3) is 10.9 Å². The van der Waals surface area contributed by atoms with Crippen LogP contribution < -0.4 is 0 Å². The monoisotopic (exact) mass is 272 g/mol. The zero-order valence-electron chi connectivity index (χ0n) is 11.7. The standard InChI is InChI=1S/C19H16N2/c20-13-17(11-10-15-6-2-1-3-7-15)18-12-16-8-4-5-9-19(16)21-14-18/h1-9,12,14,17H,10-11H2. The third-order valence-electron chi connectivity index (χ3n) is 3.73. The van der Waals surface area contributed by atoms with E-state index >= 15 is 0 Å². The van der Waals surface area contributed by atoms with Crippen LogP contribution in [0, 0.1) is 11.3 Å². The molecule has 0 amide bonds. The van der Waals surface area contributed by atoms with Gasteiger partial charge in [-0.2, -0.15) is 5.26 Å². The van der Waals surface area contributed by atoms with Crippen molar-refractivity contribution >= 4 is 10.9 Å². The van der Waals surface area contributed by atoms with Crippen molar-refractivity contribution < 1.29 is 0 Å². The predicted molar refractivity (Wildman–Crippen MR) is 84.9 cm³/mol. The van der Waals surface area contributed by atoms with Crippen LogP contribution in [0.15, 0.2) is 66.9 Å². The Labute approximate surface area is 124 Å². The summed E-state index contributed by atoms with van der Waals surface area (Å²) in [5.41, 5.74) is 3.25. The third-order valence-corrected chi connectivity index (χ3v) is 3.73. The highest BCUT2D eigenvalue weighted by molar-refractivity contribution is 5.78. The second-order valence-corrected chi connectivity index (χ2v) is 5.17. The lowest BCUT2D eigenvalue weighted by molar-refractivity contribution is 0.744. The van der Waals surface area contributed by atoms with Crippen molar-refractivity contribution in [1.82, 2.24) is 4.98 Å². The van der Waals surface area contributed by atoms with Gasteiger partial charge in [0.15, 0.2) is 0 Å². The molecule has 0 radical (unpaired) electrons. The largest absolute Gasteiger partial charge is 0.256 e. The van der Waals surface area contributed by atoms with Crippen LogP contribution in [0.3, 0.4) is 0 Å². The highest BCUT2D eigenvalue weighted by atomic mass is 14.6. The van der Waals surface area contributed by atoms with Crippen molar-refractivity contribution in [2.24, 2.45) is 0 Å². The molecule has 0 aliphatic rings. The first-order chi connectivity index (χ1) is 10.4. The fourth-order valence-electron chi connectivity index (χ4n) is 2.54. The van der Waals surface area contributed by atoms with E-state index in [-0.39, 0.29) is 5.92 Å². The average molecular weight is 272 g/mol. The summed E-state index contributed by atoms with van der Waals surface area (Å²) in [5.74, 6) is -0.109. The van der Waals surface area contributed by atoms with Crippen molar-refractivity contribution in [3.05, 3.63) is 78.0 Å². The SMILES string of the molecule is N#CC(CCc1ccccc1)c1cnc2ccccc2c1. The van der Waals surface area contributed by atoms with E-state index in [1.54, 1.807) is 0 Å². The van der Waals surface area contributed by atoms with E-state index in [9.17, 15) is 5.26 Å². The molecular formula is C19H16N2. The van der Waals surface area contributed by atoms with Gasteiger partial charge in [-0.15, -0.1) is 0 Å². The fourth-order valence-corrected chi connectivity index (χ4v) is 2.54. The first-order valence-corrected chi connectivity index (χ1v) is 7.15. The number of pyridine rings is 1. The summed E-state index contributed by atoms with van der Waals surface area (Å²) >= 11 is 0. The van der Waals surface area contributed by atoms with Crippen molar-refractivity contribution in [3.63, 3.8) is 0 Å². The summed E-state index contributed by atoms with van der Waals surface area (Å²) < 4.78 is 0. The van der Waals surface area contributed by atoms with Crippen molar-refractivity contribution in [2.75, 3.05) is 0 Å². The van der Waals surface area contributed by atoms with E-state index in [0.717, 1.165) is 29.3 Å². The minimum Gasteiger partial charge on any atom is -0.256 e. The Bertz CT molecular complexity index is 772. The highest BCUT2D eigenvalue weighted by Crippen LogP contribution is 2.23. The summed E-state index contributed by atoms with van der Waals surface area (Å²) in [6, 6.07) is 22.8. The van der Waals surface area contributed by atoms with Gasteiger partial charge >= 0.3 is 0 Å². The van der Waals surface area contributed by atoms with E-state index < -0.39 is 0 Å². The molecule has 0 aliphatic carbocycles. The number of nitriles is 1. The van der Waals surface area contributed by atoms with Gasteiger partial charge in [-0.1, -0.05) is 48.5 Å². The average Bonchev–Trinajstić information content (AvgIpc) is 2.56. The Balaban J connectivity index is 1.80. The number of hydrogen-bond donors (Lipinski definition) is 0. The van der Waals surface area contributed by atoms with Gasteiger partial charge in [0, 0.05) is 11.6 Å². The zero-order valence-corrected chi connectivity index (χ0v) is 11.7. The molecule has 1 atom stereocenters. The third kappa shape index (κ3) is 3.09.